The molecule has 4 aromatic heterocycles. The second-order valence-electron chi connectivity index (χ2n) is 8.22. The first-order chi connectivity index (χ1) is 16.5. The normalized spacial score (nSPS) is 13.7. The second kappa shape index (κ2) is 8.06. The Morgan fingerprint density at radius 1 is 1.21 bits per heavy atom. The van der Waals surface area contributed by atoms with Gasteiger partial charge in [-0.25, -0.2) is 0 Å². The number of thiophene rings is 1. The summed E-state index contributed by atoms with van der Waals surface area (Å²) in [4.78, 5) is 24.1. The summed E-state index contributed by atoms with van der Waals surface area (Å²) in [6, 6.07) is 9.61. The molecule has 0 spiro atoms. The Hall–Kier alpha value is -3.51. The Morgan fingerprint density at radius 3 is 2.85 bits per heavy atom. The molecule has 6 rings (SSSR count). The number of nitrogens with one attached hydrogen (secondary N) is 1. The maximum Gasteiger partial charge on any atom is 0.272 e. The van der Waals surface area contributed by atoms with Crippen LogP contribution >= 0.6 is 23.1 Å². The zero-order chi connectivity index (χ0) is 23.4. The van der Waals surface area contributed by atoms with Crippen molar-refractivity contribution in [1.82, 2.24) is 33.9 Å². The van der Waals surface area contributed by atoms with Crippen LogP contribution in [0.2, 0.25) is 0 Å². The van der Waals surface area contributed by atoms with Crippen molar-refractivity contribution < 1.29 is 4.79 Å². The van der Waals surface area contributed by atoms with Gasteiger partial charge in [0.05, 0.1) is 17.0 Å². The first-order valence-corrected chi connectivity index (χ1v) is 12.6. The standard InChI is InChI=1S/C22H20N8O2S2/c1-12(31)23-14-4-3-5-15(10-14)29-19(13-6-7-13)25-27-22(29)34-11-17-24-26-21-28(2)20(32)18-16(30(17)21)8-9-33-18/h3-5,8-10,13H,6-7,11H2,1-2H3,(H,23,31). The van der Waals surface area contributed by atoms with Gasteiger partial charge in [-0.3, -0.25) is 23.1 Å². The van der Waals surface area contributed by atoms with E-state index in [4.69, 9.17) is 0 Å². The number of hydrogen-bond donors (Lipinski definition) is 1. The van der Waals surface area contributed by atoms with E-state index in [-0.39, 0.29) is 11.5 Å². The zero-order valence-electron chi connectivity index (χ0n) is 18.4. The molecule has 1 N–H and O–H groups in total. The molecular weight excluding hydrogens is 472 g/mol. The molecule has 1 aromatic carbocycles. The molecule has 0 aliphatic heterocycles. The summed E-state index contributed by atoms with van der Waals surface area (Å²) in [7, 11) is 1.71. The first kappa shape index (κ1) is 21.1. The topological polar surface area (TPSA) is 112 Å². The number of benzene rings is 1. The average Bonchev–Trinajstić information content (AvgIpc) is 3.21. The number of aryl methyl sites for hydroxylation is 1. The lowest BCUT2D eigenvalue weighted by Gasteiger charge is -2.11. The maximum atomic E-state index is 12.6. The highest BCUT2D eigenvalue weighted by Gasteiger charge is 2.31. The van der Waals surface area contributed by atoms with Crippen LogP contribution in [0.25, 0.3) is 21.7 Å². The molecule has 0 radical (unpaired) electrons. The van der Waals surface area contributed by atoms with Crippen LogP contribution < -0.4 is 10.9 Å². The molecule has 172 valence electrons. The number of fused-ring (bicyclic) bond motifs is 3. The Labute approximate surface area is 201 Å². The van der Waals surface area contributed by atoms with Crippen molar-refractivity contribution in [3.63, 3.8) is 0 Å². The number of carbonyl (C=O) groups excluding carboxylic acids is 1. The minimum absolute atomic E-state index is 0.0722. The van der Waals surface area contributed by atoms with Crippen molar-refractivity contribution in [3.8, 4) is 5.69 Å². The smallest absolute Gasteiger partial charge is 0.272 e. The molecular formula is C22H20N8O2S2. The molecule has 1 fully saturated rings. The van der Waals surface area contributed by atoms with E-state index >= 15 is 0 Å². The van der Waals surface area contributed by atoms with Crippen LogP contribution in [0, 0.1) is 0 Å². The molecule has 0 bridgehead atoms. The van der Waals surface area contributed by atoms with Crippen LogP contribution in [-0.4, -0.2) is 39.8 Å². The van der Waals surface area contributed by atoms with Crippen LogP contribution in [0.1, 0.15) is 37.3 Å². The third kappa shape index (κ3) is 3.49. The SMILES string of the molecule is CC(=O)Nc1cccc(-n2c(SCc3nnc4n(C)c(=O)c5sccc5n34)nnc2C2CC2)c1. The quantitative estimate of drug-likeness (QED) is 0.362. The maximum absolute atomic E-state index is 12.6. The highest BCUT2D eigenvalue weighted by Crippen LogP contribution is 2.41. The van der Waals surface area contributed by atoms with E-state index < -0.39 is 0 Å². The van der Waals surface area contributed by atoms with Gasteiger partial charge >= 0.3 is 0 Å². The van der Waals surface area contributed by atoms with Gasteiger partial charge in [-0.15, -0.1) is 31.7 Å². The Kier molecular flexibility index (Phi) is 4.99. The number of thioether (sulfide) groups is 1. The predicted octanol–water partition coefficient (Wildman–Crippen LogP) is 3.35. The second-order valence-corrected chi connectivity index (χ2v) is 10.1. The lowest BCUT2D eigenvalue weighted by Crippen LogP contribution is -2.19. The van der Waals surface area contributed by atoms with E-state index in [1.807, 2.05) is 40.1 Å². The van der Waals surface area contributed by atoms with E-state index in [1.54, 1.807) is 7.05 Å². The summed E-state index contributed by atoms with van der Waals surface area (Å²) >= 11 is 2.93. The van der Waals surface area contributed by atoms with Gasteiger partial charge in [0.15, 0.2) is 5.16 Å². The molecule has 0 saturated heterocycles. The zero-order valence-corrected chi connectivity index (χ0v) is 20.1. The number of hydrogen-bond acceptors (Lipinski definition) is 8. The molecule has 4 heterocycles. The number of rotatable bonds is 6. The number of carbonyl (C=O) groups is 1. The van der Waals surface area contributed by atoms with E-state index in [1.165, 1.54) is 34.6 Å². The highest BCUT2D eigenvalue weighted by atomic mass is 32.2. The third-order valence-corrected chi connectivity index (χ3v) is 7.57. The predicted molar refractivity (Wildman–Crippen MR) is 131 cm³/mol. The summed E-state index contributed by atoms with van der Waals surface area (Å²) in [5, 5.41) is 23.1. The Bertz CT molecular complexity index is 1630. The molecule has 1 aliphatic rings. The lowest BCUT2D eigenvalue weighted by atomic mass is 10.2. The number of nitrogens with zero attached hydrogens (tertiary/aromatic N) is 7. The number of aromatic nitrogens is 7. The summed E-state index contributed by atoms with van der Waals surface area (Å²) in [6.07, 6.45) is 2.18. The molecule has 5 aromatic rings. The van der Waals surface area contributed by atoms with Crippen molar-refractivity contribution in [2.24, 2.45) is 7.05 Å². The monoisotopic (exact) mass is 492 g/mol. The minimum Gasteiger partial charge on any atom is -0.326 e. The van der Waals surface area contributed by atoms with Crippen molar-refractivity contribution in [2.45, 2.75) is 36.6 Å². The van der Waals surface area contributed by atoms with Gasteiger partial charge in [-0.2, -0.15) is 0 Å². The van der Waals surface area contributed by atoms with Gasteiger partial charge in [0, 0.05) is 25.6 Å². The average molecular weight is 493 g/mol. The third-order valence-electron chi connectivity index (χ3n) is 5.75. The number of anilines is 1. The van der Waals surface area contributed by atoms with Crippen LogP contribution in [0.5, 0.6) is 0 Å². The van der Waals surface area contributed by atoms with Gasteiger partial charge in [-0.1, -0.05) is 17.8 Å². The van der Waals surface area contributed by atoms with Crippen LogP contribution in [0.3, 0.4) is 0 Å². The van der Waals surface area contributed by atoms with Crippen molar-refractivity contribution in [3.05, 3.63) is 57.7 Å². The summed E-state index contributed by atoms with van der Waals surface area (Å²) in [6.45, 7) is 1.49. The highest BCUT2D eigenvalue weighted by molar-refractivity contribution is 7.98. The van der Waals surface area contributed by atoms with Crippen LogP contribution in [-0.2, 0) is 17.6 Å². The molecule has 0 unspecified atom stereocenters. The van der Waals surface area contributed by atoms with E-state index in [0.717, 1.165) is 46.5 Å². The Morgan fingerprint density at radius 2 is 2.06 bits per heavy atom. The van der Waals surface area contributed by atoms with Crippen molar-refractivity contribution in [2.75, 3.05) is 5.32 Å². The number of amides is 1. The van der Waals surface area contributed by atoms with E-state index in [2.05, 4.69) is 30.3 Å². The Balaban J connectivity index is 1.39. The summed E-state index contributed by atoms with van der Waals surface area (Å²) in [5.74, 6) is 2.93. The van der Waals surface area contributed by atoms with Gasteiger partial charge in [0.25, 0.3) is 5.56 Å². The molecule has 1 amide bonds. The van der Waals surface area contributed by atoms with Gasteiger partial charge < -0.3 is 5.32 Å². The molecule has 1 saturated carbocycles. The fourth-order valence-corrected chi connectivity index (χ4v) is 5.75. The molecule has 34 heavy (non-hydrogen) atoms. The largest absolute Gasteiger partial charge is 0.326 e. The van der Waals surface area contributed by atoms with Crippen molar-refractivity contribution >= 4 is 50.7 Å². The first-order valence-electron chi connectivity index (χ1n) is 10.8. The van der Waals surface area contributed by atoms with E-state index in [0.29, 0.717) is 22.1 Å². The van der Waals surface area contributed by atoms with Crippen molar-refractivity contribution in [1.29, 1.82) is 0 Å². The molecule has 1 aliphatic carbocycles. The van der Waals surface area contributed by atoms with Gasteiger partial charge in [-0.05, 0) is 42.5 Å². The molecule has 12 heteroatoms. The lowest BCUT2D eigenvalue weighted by molar-refractivity contribution is -0.114. The van der Waals surface area contributed by atoms with Gasteiger partial charge in [0.1, 0.15) is 16.3 Å². The van der Waals surface area contributed by atoms with Crippen LogP contribution in [0.15, 0.2) is 45.7 Å². The van der Waals surface area contributed by atoms with Crippen LogP contribution in [0.4, 0.5) is 5.69 Å². The van der Waals surface area contributed by atoms with Gasteiger partial charge in [0.2, 0.25) is 11.7 Å². The fraction of sp³-hybridized carbons (Fsp3) is 0.273. The molecule has 0 atom stereocenters. The summed E-state index contributed by atoms with van der Waals surface area (Å²) < 4.78 is 6.20. The fourth-order valence-electron chi connectivity index (χ4n) is 4.02. The molecule has 10 nitrogen and oxygen atoms in total. The van der Waals surface area contributed by atoms with E-state index in [9.17, 15) is 9.59 Å². The summed E-state index contributed by atoms with van der Waals surface area (Å²) in [5.41, 5.74) is 2.36. The minimum atomic E-state index is -0.120.